The van der Waals surface area contributed by atoms with E-state index >= 15 is 0 Å². The van der Waals surface area contributed by atoms with Crippen molar-refractivity contribution in [3.05, 3.63) is 101 Å². The SMILES string of the molecule is O=C1c2ccccc2C(O)N1CCCCc1ccc(-c2ncn(-c3ccc(C(F)(F)F)cc3)n2)cc1. The van der Waals surface area contributed by atoms with E-state index < -0.39 is 18.0 Å². The van der Waals surface area contributed by atoms with E-state index in [1.807, 2.05) is 30.3 Å². The molecule has 0 saturated heterocycles. The molecule has 0 spiro atoms. The molecule has 1 aromatic heterocycles. The molecule has 184 valence electrons. The number of carbonyl (C=O) groups is 1. The lowest BCUT2D eigenvalue weighted by molar-refractivity contribution is -0.137. The van der Waals surface area contributed by atoms with Gasteiger partial charge in [0.05, 0.1) is 11.3 Å². The van der Waals surface area contributed by atoms with Crippen LogP contribution in [-0.4, -0.2) is 37.2 Å². The Morgan fingerprint density at radius 1 is 0.917 bits per heavy atom. The normalized spacial score (nSPS) is 15.4. The first-order valence-electron chi connectivity index (χ1n) is 11.6. The molecule has 6 nitrogen and oxygen atoms in total. The van der Waals surface area contributed by atoms with E-state index in [2.05, 4.69) is 10.1 Å². The fourth-order valence-electron chi connectivity index (χ4n) is 4.33. The molecule has 3 aromatic carbocycles. The predicted octanol–water partition coefficient (Wildman–Crippen LogP) is 5.42. The van der Waals surface area contributed by atoms with Gasteiger partial charge in [-0.1, -0.05) is 42.5 Å². The van der Waals surface area contributed by atoms with Crippen LogP contribution in [0.2, 0.25) is 0 Å². The van der Waals surface area contributed by atoms with Crippen LogP contribution in [0.15, 0.2) is 79.1 Å². The summed E-state index contributed by atoms with van der Waals surface area (Å²) in [5.74, 6) is 0.341. The summed E-state index contributed by atoms with van der Waals surface area (Å²) in [6.45, 7) is 0.484. The van der Waals surface area contributed by atoms with Gasteiger partial charge in [0, 0.05) is 23.2 Å². The molecule has 9 heteroatoms. The lowest BCUT2D eigenvalue weighted by Crippen LogP contribution is -2.29. The van der Waals surface area contributed by atoms with Crippen molar-refractivity contribution >= 4 is 5.91 Å². The lowest BCUT2D eigenvalue weighted by Gasteiger charge is -2.20. The molecule has 1 aliphatic rings. The molecule has 0 radical (unpaired) electrons. The minimum atomic E-state index is -4.38. The molecule has 5 rings (SSSR count). The summed E-state index contributed by atoms with van der Waals surface area (Å²) in [4.78, 5) is 18.3. The Morgan fingerprint density at radius 3 is 2.33 bits per heavy atom. The van der Waals surface area contributed by atoms with Gasteiger partial charge in [0.1, 0.15) is 6.33 Å². The van der Waals surface area contributed by atoms with Crippen molar-refractivity contribution in [2.45, 2.75) is 31.7 Å². The lowest BCUT2D eigenvalue weighted by atomic mass is 10.1. The molecule has 2 heterocycles. The van der Waals surface area contributed by atoms with Crippen LogP contribution in [0.5, 0.6) is 0 Å². The minimum absolute atomic E-state index is 0.134. The fraction of sp³-hybridized carbons (Fsp3) is 0.222. The molecule has 1 unspecified atom stereocenters. The highest BCUT2D eigenvalue weighted by Gasteiger charge is 2.34. The van der Waals surface area contributed by atoms with Gasteiger partial charge in [-0.05, 0) is 55.2 Å². The predicted molar refractivity (Wildman–Crippen MR) is 127 cm³/mol. The number of halogens is 3. The Hall–Kier alpha value is -3.98. The van der Waals surface area contributed by atoms with Crippen molar-refractivity contribution in [2.75, 3.05) is 6.54 Å². The number of carbonyl (C=O) groups excluding carboxylic acids is 1. The number of aryl methyl sites for hydroxylation is 1. The van der Waals surface area contributed by atoms with E-state index in [4.69, 9.17) is 0 Å². The second-order valence-corrected chi connectivity index (χ2v) is 8.67. The molecule has 0 bridgehead atoms. The van der Waals surface area contributed by atoms with E-state index in [-0.39, 0.29) is 5.91 Å². The van der Waals surface area contributed by atoms with Gasteiger partial charge in [-0.2, -0.15) is 13.2 Å². The number of benzene rings is 3. The number of hydrogen-bond acceptors (Lipinski definition) is 4. The van der Waals surface area contributed by atoms with Gasteiger partial charge in [-0.3, -0.25) is 4.79 Å². The monoisotopic (exact) mass is 492 g/mol. The van der Waals surface area contributed by atoms with Crippen LogP contribution in [0, 0.1) is 0 Å². The molecular weight excluding hydrogens is 469 g/mol. The van der Waals surface area contributed by atoms with E-state index in [0.29, 0.717) is 29.2 Å². The van der Waals surface area contributed by atoms with Crippen LogP contribution >= 0.6 is 0 Å². The summed E-state index contributed by atoms with van der Waals surface area (Å²) >= 11 is 0. The number of aliphatic hydroxyl groups is 1. The molecule has 1 aliphatic heterocycles. The quantitative estimate of drug-likeness (QED) is 0.350. The molecule has 1 amide bonds. The van der Waals surface area contributed by atoms with Crippen LogP contribution in [-0.2, 0) is 12.6 Å². The van der Waals surface area contributed by atoms with Gasteiger partial charge in [0.25, 0.3) is 5.91 Å². The number of aromatic nitrogens is 3. The summed E-state index contributed by atoms with van der Waals surface area (Å²) < 4.78 is 39.8. The smallest absolute Gasteiger partial charge is 0.369 e. The van der Waals surface area contributed by atoms with Gasteiger partial charge in [-0.15, -0.1) is 5.10 Å². The number of fused-ring (bicyclic) bond motifs is 1. The Bertz CT molecular complexity index is 1370. The van der Waals surface area contributed by atoms with Crippen molar-refractivity contribution in [1.82, 2.24) is 19.7 Å². The Morgan fingerprint density at radius 2 is 1.64 bits per heavy atom. The van der Waals surface area contributed by atoms with E-state index in [1.54, 1.807) is 18.2 Å². The largest absolute Gasteiger partial charge is 0.416 e. The third kappa shape index (κ3) is 4.74. The van der Waals surface area contributed by atoms with Gasteiger partial charge in [0.15, 0.2) is 12.1 Å². The van der Waals surface area contributed by atoms with Gasteiger partial charge >= 0.3 is 6.18 Å². The van der Waals surface area contributed by atoms with Crippen LogP contribution in [0.4, 0.5) is 13.2 Å². The Balaban J connectivity index is 1.15. The number of hydrogen-bond donors (Lipinski definition) is 1. The second-order valence-electron chi connectivity index (χ2n) is 8.67. The van der Waals surface area contributed by atoms with E-state index in [1.165, 1.54) is 28.0 Å². The van der Waals surface area contributed by atoms with E-state index in [0.717, 1.165) is 42.5 Å². The van der Waals surface area contributed by atoms with E-state index in [9.17, 15) is 23.1 Å². The summed E-state index contributed by atoms with van der Waals surface area (Å²) in [5, 5.41) is 14.8. The highest BCUT2D eigenvalue weighted by atomic mass is 19.4. The first kappa shape index (κ1) is 23.7. The van der Waals surface area contributed by atoms with Crippen molar-refractivity contribution in [3.8, 4) is 17.1 Å². The molecule has 4 aromatic rings. The molecule has 0 saturated carbocycles. The van der Waals surface area contributed by atoms with Gasteiger partial charge in [-0.25, -0.2) is 9.67 Å². The standard InChI is InChI=1S/C27H23F3N4O2/c28-27(29,30)20-12-14-21(15-13-20)34-17-31-24(32-34)19-10-8-18(9-11-19)5-3-4-16-33-25(35)22-6-1-2-7-23(22)26(33)36/h1-2,6-15,17,25,35H,3-5,16H2. The number of alkyl halides is 3. The third-order valence-electron chi connectivity index (χ3n) is 6.30. The number of aliphatic hydroxyl groups excluding tert-OH is 1. The van der Waals surface area contributed by atoms with Crippen LogP contribution in [0.3, 0.4) is 0 Å². The number of rotatable bonds is 7. The Labute approximate surface area is 205 Å². The average Bonchev–Trinajstić information content (AvgIpc) is 3.46. The molecule has 0 fully saturated rings. The highest BCUT2D eigenvalue weighted by Crippen LogP contribution is 2.32. The summed E-state index contributed by atoms with van der Waals surface area (Å²) in [6, 6.07) is 19.7. The summed E-state index contributed by atoms with van der Waals surface area (Å²) in [7, 11) is 0. The average molecular weight is 493 g/mol. The maximum absolute atomic E-state index is 12.8. The zero-order valence-corrected chi connectivity index (χ0v) is 19.2. The van der Waals surface area contributed by atoms with Gasteiger partial charge in [0.2, 0.25) is 0 Å². The second kappa shape index (κ2) is 9.58. The maximum atomic E-state index is 12.8. The first-order valence-corrected chi connectivity index (χ1v) is 11.6. The van der Waals surface area contributed by atoms with Crippen molar-refractivity contribution < 1.29 is 23.1 Å². The van der Waals surface area contributed by atoms with Crippen LogP contribution in [0.1, 0.15) is 46.1 Å². The summed E-state index contributed by atoms with van der Waals surface area (Å²) in [5.41, 5.74) is 2.92. The number of amides is 1. The van der Waals surface area contributed by atoms with Gasteiger partial charge < -0.3 is 10.0 Å². The van der Waals surface area contributed by atoms with Crippen LogP contribution in [0.25, 0.3) is 17.1 Å². The molecule has 1 atom stereocenters. The molecule has 36 heavy (non-hydrogen) atoms. The van der Waals surface area contributed by atoms with Crippen molar-refractivity contribution in [1.29, 1.82) is 0 Å². The van der Waals surface area contributed by atoms with Crippen molar-refractivity contribution in [2.24, 2.45) is 0 Å². The summed E-state index contributed by atoms with van der Waals surface area (Å²) in [6.07, 6.45) is -1.36. The zero-order chi connectivity index (χ0) is 25.3. The number of nitrogens with zero attached hydrogens (tertiary/aromatic N) is 4. The topological polar surface area (TPSA) is 71.2 Å². The Kier molecular flexibility index (Phi) is 6.32. The minimum Gasteiger partial charge on any atom is -0.369 e. The highest BCUT2D eigenvalue weighted by molar-refractivity contribution is 5.98. The number of unbranched alkanes of at least 4 members (excludes halogenated alkanes) is 1. The molecule has 0 aliphatic carbocycles. The fourth-order valence-corrected chi connectivity index (χ4v) is 4.33. The van der Waals surface area contributed by atoms with Crippen LogP contribution < -0.4 is 0 Å². The third-order valence-corrected chi connectivity index (χ3v) is 6.30. The molecular formula is C27H23F3N4O2. The molecule has 1 N–H and O–H groups in total. The maximum Gasteiger partial charge on any atom is 0.416 e. The first-order chi connectivity index (χ1) is 17.3. The van der Waals surface area contributed by atoms with Crippen molar-refractivity contribution in [3.63, 3.8) is 0 Å². The zero-order valence-electron chi connectivity index (χ0n) is 19.2.